The summed E-state index contributed by atoms with van der Waals surface area (Å²) in [7, 11) is 0. The molecule has 1 aromatic carbocycles. The van der Waals surface area contributed by atoms with Crippen molar-refractivity contribution in [3.8, 4) is 34.3 Å². The van der Waals surface area contributed by atoms with Gasteiger partial charge in [0.1, 0.15) is 17.1 Å². The van der Waals surface area contributed by atoms with Crippen molar-refractivity contribution in [1.29, 1.82) is 0 Å². The molecule has 0 atom stereocenters. The van der Waals surface area contributed by atoms with Gasteiger partial charge in [-0.2, -0.15) is 0 Å². The fourth-order valence-electron chi connectivity index (χ4n) is 3.00. The minimum atomic E-state index is 0.450. The molecule has 4 aromatic heterocycles. The lowest BCUT2D eigenvalue weighted by Crippen LogP contribution is -2.02. The summed E-state index contributed by atoms with van der Waals surface area (Å²) in [6.07, 6.45) is 5.27. The lowest BCUT2D eigenvalue weighted by atomic mass is 10.1. The lowest BCUT2D eigenvalue weighted by molar-refractivity contribution is 0.972. The first-order valence-electron chi connectivity index (χ1n) is 8.81. The van der Waals surface area contributed by atoms with Crippen LogP contribution in [0, 0.1) is 0 Å². The Bertz CT molecular complexity index is 1260. The molecule has 0 aliphatic rings. The van der Waals surface area contributed by atoms with Crippen LogP contribution in [0.4, 0.5) is 0 Å². The topological polar surface area (TPSA) is 77.3 Å². The van der Waals surface area contributed by atoms with Gasteiger partial charge < -0.3 is 0 Å². The first-order chi connectivity index (χ1) is 13.9. The zero-order valence-corrected chi connectivity index (χ0v) is 14.8. The summed E-state index contributed by atoms with van der Waals surface area (Å²) >= 11 is 0. The Morgan fingerprint density at radius 3 is 1.93 bits per heavy atom. The summed E-state index contributed by atoms with van der Waals surface area (Å²) in [5.41, 5.74) is 3.28. The minimum Gasteiger partial charge on any atom is -0.255 e. The van der Waals surface area contributed by atoms with Crippen LogP contribution >= 0.6 is 0 Å². The van der Waals surface area contributed by atoms with Crippen molar-refractivity contribution in [2.75, 3.05) is 0 Å². The number of aromatic nitrogens is 6. The Morgan fingerprint density at radius 2 is 1.21 bits per heavy atom. The first-order valence-corrected chi connectivity index (χ1v) is 8.81. The van der Waals surface area contributed by atoms with E-state index in [2.05, 4.69) is 25.1 Å². The van der Waals surface area contributed by atoms with Crippen molar-refractivity contribution >= 4 is 10.8 Å². The molecule has 0 spiro atoms. The standard InChI is InChI=1S/C22H14N6/c1-2-8-16-14-25-19(13-15(16)7-1)22-26-20(17-9-3-5-11-23-17)21(27-28-22)18-10-4-6-12-24-18/h1-14H. The Balaban J connectivity index is 1.70. The summed E-state index contributed by atoms with van der Waals surface area (Å²) in [4.78, 5) is 18.1. The second-order valence-electron chi connectivity index (χ2n) is 6.18. The van der Waals surface area contributed by atoms with Crippen molar-refractivity contribution in [1.82, 2.24) is 30.1 Å². The van der Waals surface area contributed by atoms with E-state index in [0.717, 1.165) is 10.8 Å². The van der Waals surface area contributed by atoms with E-state index in [9.17, 15) is 0 Å². The molecule has 0 unspecified atom stereocenters. The molecule has 28 heavy (non-hydrogen) atoms. The predicted molar refractivity (Wildman–Crippen MR) is 107 cm³/mol. The summed E-state index contributed by atoms with van der Waals surface area (Å²) in [5.74, 6) is 0.450. The van der Waals surface area contributed by atoms with Gasteiger partial charge in [0.05, 0.1) is 11.4 Å². The third kappa shape index (κ3) is 2.97. The van der Waals surface area contributed by atoms with Gasteiger partial charge in [-0.1, -0.05) is 36.4 Å². The molecule has 0 N–H and O–H groups in total. The minimum absolute atomic E-state index is 0.450. The van der Waals surface area contributed by atoms with Crippen LogP contribution in [0.1, 0.15) is 0 Å². The third-order valence-corrected chi connectivity index (χ3v) is 4.36. The third-order valence-electron chi connectivity index (χ3n) is 4.36. The lowest BCUT2D eigenvalue weighted by Gasteiger charge is -2.08. The summed E-state index contributed by atoms with van der Waals surface area (Å²) in [5, 5.41) is 10.9. The molecular weight excluding hydrogens is 348 g/mol. The molecule has 0 saturated heterocycles. The molecule has 5 rings (SSSR count). The second kappa shape index (κ2) is 6.92. The highest BCUT2D eigenvalue weighted by molar-refractivity contribution is 5.84. The average molecular weight is 362 g/mol. The Kier molecular flexibility index (Phi) is 3.99. The maximum absolute atomic E-state index is 4.76. The molecule has 6 heteroatoms. The quantitative estimate of drug-likeness (QED) is 0.478. The van der Waals surface area contributed by atoms with Gasteiger partial charge >= 0.3 is 0 Å². The SMILES string of the molecule is c1ccc(-c2nnc(-c3cc4ccccc4cn3)nc2-c2ccccn2)nc1. The molecule has 0 amide bonds. The van der Waals surface area contributed by atoms with Gasteiger partial charge in [-0.3, -0.25) is 15.0 Å². The van der Waals surface area contributed by atoms with Gasteiger partial charge in [0.15, 0.2) is 0 Å². The van der Waals surface area contributed by atoms with E-state index in [0.29, 0.717) is 34.3 Å². The normalized spacial score (nSPS) is 10.9. The molecule has 0 bridgehead atoms. The van der Waals surface area contributed by atoms with E-state index >= 15 is 0 Å². The molecule has 4 heterocycles. The van der Waals surface area contributed by atoms with E-state index < -0.39 is 0 Å². The van der Waals surface area contributed by atoms with Crippen LogP contribution < -0.4 is 0 Å². The van der Waals surface area contributed by atoms with Crippen LogP contribution in [0.2, 0.25) is 0 Å². The van der Waals surface area contributed by atoms with Gasteiger partial charge in [-0.25, -0.2) is 4.98 Å². The molecule has 132 valence electrons. The zero-order chi connectivity index (χ0) is 18.8. The summed E-state index contributed by atoms with van der Waals surface area (Å²) in [6.45, 7) is 0. The molecule has 0 fully saturated rings. The van der Waals surface area contributed by atoms with Gasteiger partial charge in [0, 0.05) is 24.0 Å². The first kappa shape index (κ1) is 16.1. The zero-order valence-electron chi connectivity index (χ0n) is 14.8. The van der Waals surface area contributed by atoms with Gasteiger partial charge in [0.25, 0.3) is 0 Å². The van der Waals surface area contributed by atoms with Crippen molar-refractivity contribution in [3.05, 3.63) is 85.3 Å². The predicted octanol–water partition coefficient (Wildman–Crippen LogP) is 4.21. The van der Waals surface area contributed by atoms with Crippen molar-refractivity contribution in [3.63, 3.8) is 0 Å². The number of benzene rings is 1. The number of hydrogen-bond acceptors (Lipinski definition) is 6. The molecule has 0 aliphatic carbocycles. The van der Waals surface area contributed by atoms with Crippen LogP contribution in [-0.4, -0.2) is 30.1 Å². The van der Waals surface area contributed by atoms with E-state index in [1.807, 2.05) is 72.9 Å². The largest absolute Gasteiger partial charge is 0.255 e. The van der Waals surface area contributed by atoms with E-state index in [1.165, 1.54) is 0 Å². The van der Waals surface area contributed by atoms with Gasteiger partial charge in [0.2, 0.25) is 5.82 Å². The monoisotopic (exact) mass is 362 g/mol. The highest BCUT2D eigenvalue weighted by Gasteiger charge is 2.16. The summed E-state index contributed by atoms with van der Waals surface area (Å²) < 4.78 is 0. The van der Waals surface area contributed by atoms with Gasteiger partial charge in [-0.15, -0.1) is 10.2 Å². The summed E-state index contributed by atoms with van der Waals surface area (Å²) in [6, 6.07) is 21.3. The van der Waals surface area contributed by atoms with Crippen LogP contribution in [0.25, 0.3) is 45.1 Å². The second-order valence-corrected chi connectivity index (χ2v) is 6.18. The Hall–Kier alpha value is -4.06. The number of pyridine rings is 3. The Labute approximate surface area is 161 Å². The van der Waals surface area contributed by atoms with Gasteiger partial charge in [-0.05, 0) is 35.7 Å². The fourth-order valence-corrected chi connectivity index (χ4v) is 3.00. The Morgan fingerprint density at radius 1 is 0.536 bits per heavy atom. The molecule has 6 nitrogen and oxygen atoms in total. The van der Waals surface area contributed by atoms with Crippen LogP contribution in [0.15, 0.2) is 85.3 Å². The molecule has 5 aromatic rings. The average Bonchev–Trinajstić information content (AvgIpc) is 2.79. The highest BCUT2D eigenvalue weighted by atomic mass is 15.2. The number of nitrogens with zero attached hydrogens (tertiary/aromatic N) is 6. The maximum Gasteiger partial charge on any atom is 0.201 e. The van der Waals surface area contributed by atoms with Crippen LogP contribution in [0.5, 0.6) is 0 Å². The number of fused-ring (bicyclic) bond motifs is 1. The van der Waals surface area contributed by atoms with Crippen molar-refractivity contribution in [2.45, 2.75) is 0 Å². The maximum atomic E-state index is 4.76. The number of hydrogen-bond donors (Lipinski definition) is 0. The highest BCUT2D eigenvalue weighted by Crippen LogP contribution is 2.27. The smallest absolute Gasteiger partial charge is 0.201 e. The van der Waals surface area contributed by atoms with Crippen molar-refractivity contribution < 1.29 is 0 Å². The van der Waals surface area contributed by atoms with E-state index in [1.54, 1.807) is 12.4 Å². The molecular formula is C22H14N6. The van der Waals surface area contributed by atoms with Crippen LogP contribution in [-0.2, 0) is 0 Å². The van der Waals surface area contributed by atoms with Crippen molar-refractivity contribution in [2.24, 2.45) is 0 Å². The fraction of sp³-hybridized carbons (Fsp3) is 0. The van der Waals surface area contributed by atoms with Crippen LogP contribution in [0.3, 0.4) is 0 Å². The number of rotatable bonds is 3. The molecule has 0 aliphatic heterocycles. The molecule has 0 saturated carbocycles. The van der Waals surface area contributed by atoms with E-state index in [4.69, 9.17) is 4.98 Å². The molecule has 0 radical (unpaired) electrons. The van der Waals surface area contributed by atoms with E-state index in [-0.39, 0.29) is 0 Å².